The molecule has 2 aromatic rings. The van der Waals surface area contributed by atoms with Crippen molar-refractivity contribution in [1.82, 2.24) is 0 Å². The van der Waals surface area contributed by atoms with Crippen molar-refractivity contribution in [3.8, 4) is 0 Å². The van der Waals surface area contributed by atoms with Crippen molar-refractivity contribution in [2.75, 3.05) is 0 Å². The minimum Gasteiger partial charge on any atom is -0.455 e. The molecule has 2 aromatic carbocycles. The largest absolute Gasteiger partial charge is 0.455 e. The van der Waals surface area contributed by atoms with Crippen molar-refractivity contribution in [3.63, 3.8) is 0 Å². The Morgan fingerprint density at radius 3 is 2.12 bits per heavy atom. The zero-order chi connectivity index (χ0) is 18.1. The number of rotatable bonds is 1. The van der Waals surface area contributed by atoms with Crippen LogP contribution in [0.3, 0.4) is 0 Å². The lowest BCUT2D eigenvalue weighted by atomic mass is 9.93. The fraction of sp³-hybridized carbons (Fsp3) is 0.227. The van der Waals surface area contributed by atoms with E-state index < -0.39 is 12.2 Å². The van der Waals surface area contributed by atoms with Gasteiger partial charge < -0.3 is 14.6 Å². The number of hydrogen-bond donors (Lipinski definition) is 1. The second-order valence-electron chi connectivity index (χ2n) is 6.50. The monoisotopic (exact) mass is 348 g/mol. The smallest absolute Gasteiger partial charge is 0.303 e. The molecular formula is C22H20O4. The molecule has 4 nitrogen and oxygen atoms in total. The number of carbonyl (C=O) groups excluding carboxylic acids is 1. The maximum absolute atomic E-state index is 10.8. The van der Waals surface area contributed by atoms with Crippen LogP contribution in [0.5, 0.6) is 0 Å². The standard InChI is InChI=1S/C12H12O3.C10H8O/c1-8(13)15-11-7-6-9-4-2-3-5-10(9)12(11)14;1-2-4-8-7(3-1)9-5-6-10(8)11-9/h2-7,11-12,14H,1H3;1-6,9-10H/t11-,12-;/m1./s1. The van der Waals surface area contributed by atoms with Gasteiger partial charge in [0.15, 0.2) is 6.10 Å². The molecule has 132 valence electrons. The Kier molecular flexibility index (Phi) is 4.45. The lowest BCUT2D eigenvalue weighted by Gasteiger charge is -2.24. The maximum Gasteiger partial charge on any atom is 0.303 e. The third-order valence-electron chi connectivity index (χ3n) is 4.76. The Balaban J connectivity index is 0.000000135. The average Bonchev–Trinajstić information content (AvgIpc) is 3.27. The number of fused-ring (bicyclic) bond motifs is 6. The van der Waals surface area contributed by atoms with Crippen LogP contribution >= 0.6 is 0 Å². The van der Waals surface area contributed by atoms with Gasteiger partial charge in [0.2, 0.25) is 0 Å². The van der Waals surface area contributed by atoms with Gasteiger partial charge in [0.05, 0.1) is 0 Å². The van der Waals surface area contributed by atoms with E-state index in [1.807, 2.05) is 30.3 Å². The summed E-state index contributed by atoms with van der Waals surface area (Å²) in [5.41, 5.74) is 4.46. The number of aliphatic hydroxyl groups is 1. The number of ether oxygens (including phenoxy) is 2. The van der Waals surface area contributed by atoms with Gasteiger partial charge in [0, 0.05) is 6.92 Å². The molecule has 0 saturated heterocycles. The number of hydrogen-bond acceptors (Lipinski definition) is 4. The summed E-state index contributed by atoms with van der Waals surface area (Å²) in [5, 5.41) is 9.94. The average molecular weight is 348 g/mol. The highest BCUT2D eigenvalue weighted by Crippen LogP contribution is 2.45. The third-order valence-corrected chi connectivity index (χ3v) is 4.76. The van der Waals surface area contributed by atoms with Crippen molar-refractivity contribution in [3.05, 3.63) is 89.0 Å². The van der Waals surface area contributed by atoms with Gasteiger partial charge in [-0.25, -0.2) is 0 Å². The lowest BCUT2D eigenvalue weighted by molar-refractivity contribution is -0.149. The van der Waals surface area contributed by atoms with Gasteiger partial charge in [-0.3, -0.25) is 4.79 Å². The molecule has 2 unspecified atom stereocenters. The Bertz CT molecular complexity index is 852. The number of aliphatic hydroxyl groups excluding tert-OH is 1. The van der Waals surface area contributed by atoms with Crippen LogP contribution in [0, 0.1) is 0 Å². The first-order valence-corrected chi connectivity index (χ1v) is 8.68. The van der Waals surface area contributed by atoms with Crippen LogP contribution in [-0.2, 0) is 14.3 Å². The summed E-state index contributed by atoms with van der Waals surface area (Å²) in [5.74, 6) is -0.386. The molecule has 4 heteroatoms. The van der Waals surface area contributed by atoms with E-state index in [2.05, 4.69) is 36.4 Å². The lowest BCUT2D eigenvalue weighted by Crippen LogP contribution is -2.25. The van der Waals surface area contributed by atoms with Gasteiger partial charge >= 0.3 is 5.97 Å². The highest BCUT2D eigenvalue weighted by Gasteiger charge is 2.32. The maximum atomic E-state index is 10.8. The van der Waals surface area contributed by atoms with Crippen LogP contribution in [0.25, 0.3) is 6.08 Å². The van der Waals surface area contributed by atoms with Crippen molar-refractivity contribution >= 4 is 12.0 Å². The first-order chi connectivity index (χ1) is 12.6. The second kappa shape index (κ2) is 6.90. The van der Waals surface area contributed by atoms with Crippen LogP contribution in [0.15, 0.2) is 66.8 Å². The molecule has 5 rings (SSSR count). The Labute approximate surface area is 152 Å². The number of esters is 1. The highest BCUT2D eigenvalue weighted by atomic mass is 16.6. The molecule has 0 radical (unpaired) electrons. The van der Waals surface area contributed by atoms with Gasteiger partial charge in [0.25, 0.3) is 0 Å². The van der Waals surface area contributed by atoms with Gasteiger partial charge in [-0.05, 0) is 28.3 Å². The number of benzene rings is 2. The molecule has 1 N–H and O–H groups in total. The summed E-state index contributed by atoms with van der Waals surface area (Å²) in [6, 6.07) is 15.9. The summed E-state index contributed by atoms with van der Waals surface area (Å²) in [6.07, 6.45) is 6.98. The number of carbonyl (C=O) groups is 1. The van der Waals surface area contributed by atoms with Crippen LogP contribution in [0.4, 0.5) is 0 Å². The van der Waals surface area contributed by atoms with E-state index in [0.717, 1.165) is 11.1 Å². The molecule has 1 aliphatic carbocycles. The summed E-state index contributed by atoms with van der Waals surface area (Å²) in [7, 11) is 0. The Hall–Kier alpha value is -2.69. The molecule has 0 spiro atoms. The fourth-order valence-corrected chi connectivity index (χ4v) is 3.54. The summed E-state index contributed by atoms with van der Waals surface area (Å²) < 4.78 is 10.6. The first-order valence-electron chi connectivity index (χ1n) is 8.68. The minimum atomic E-state index is -0.768. The van der Waals surface area contributed by atoms with Crippen LogP contribution in [0.1, 0.15) is 47.5 Å². The van der Waals surface area contributed by atoms with Crippen LogP contribution in [0.2, 0.25) is 0 Å². The molecule has 2 heterocycles. The zero-order valence-corrected chi connectivity index (χ0v) is 14.4. The quantitative estimate of drug-likeness (QED) is 0.624. The minimum absolute atomic E-state index is 0.246. The van der Waals surface area contributed by atoms with Gasteiger partial charge in [0.1, 0.15) is 18.3 Å². The fourth-order valence-electron chi connectivity index (χ4n) is 3.54. The molecule has 26 heavy (non-hydrogen) atoms. The molecule has 2 bridgehead atoms. The van der Waals surface area contributed by atoms with Crippen molar-refractivity contribution in [1.29, 1.82) is 0 Å². The zero-order valence-electron chi connectivity index (χ0n) is 14.4. The molecule has 3 aliphatic rings. The van der Waals surface area contributed by atoms with Gasteiger partial charge in [-0.2, -0.15) is 0 Å². The van der Waals surface area contributed by atoms with E-state index in [0.29, 0.717) is 0 Å². The Morgan fingerprint density at radius 2 is 1.50 bits per heavy atom. The van der Waals surface area contributed by atoms with E-state index in [1.165, 1.54) is 18.1 Å². The normalized spacial score (nSPS) is 26.5. The molecule has 0 amide bonds. The van der Waals surface area contributed by atoms with Crippen molar-refractivity contribution < 1.29 is 19.4 Å². The van der Waals surface area contributed by atoms with E-state index in [-0.39, 0.29) is 18.2 Å². The third kappa shape index (κ3) is 3.09. The molecule has 0 fully saturated rings. The molecule has 4 atom stereocenters. The van der Waals surface area contributed by atoms with E-state index >= 15 is 0 Å². The first kappa shape index (κ1) is 16.8. The molecule has 2 aliphatic heterocycles. The SMILES string of the molecule is C1=CC2OC1c1ccccc12.CC(=O)O[C@@H]1C=Cc2ccccc2[C@H]1O. The topological polar surface area (TPSA) is 55.8 Å². The van der Waals surface area contributed by atoms with Crippen molar-refractivity contribution in [2.45, 2.75) is 31.3 Å². The molecule has 0 saturated carbocycles. The molecular weight excluding hydrogens is 328 g/mol. The summed E-state index contributed by atoms with van der Waals surface area (Å²) in [4.78, 5) is 10.8. The van der Waals surface area contributed by atoms with Crippen LogP contribution < -0.4 is 0 Å². The van der Waals surface area contributed by atoms with E-state index in [4.69, 9.17) is 9.47 Å². The van der Waals surface area contributed by atoms with Crippen LogP contribution in [-0.4, -0.2) is 17.2 Å². The van der Waals surface area contributed by atoms with E-state index in [1.54, 1.807) is 6.08 Å². The summed E-state index contributed by atoms with van der Waals surface area (Å²) >= 11 is 0. The molecule has 0 aromatic heterocycles. The van der Waals surface area contributed by atoms with Gasteiger partial charge in [-0.15, -0.1) is 0 Å². The second-order valence-corrected chi connectivity index (χ2v) is 6.50. The highest BCUT2D eigenvalue weighted by molar-refractivity contribution is 5.67. The summed E-state index contributed by atoms with van der Waals surface area (Å²) in [6.45, 7) is 1.33. The Morgan fingerprint density at radius 1 is 0.923 bits per heavy atom. The van der Waals surface area contributed by atoms with Crippen molar-refractivity contribution in [2.24, 2.45) is 0 Å². The van der Waals surface area contributed by atoms with E-state index in [9.17, 15) is 9.90 Å². The predicted octanol–water partition coefficient (Wildman–Crippen LogP) is 4.05. The predicted molar refractivity (Wildman–Crippen MR) is 98.1 cm³/mol. The van der Waals surface area contributed by atoms with Gasteiger partial charge in [-0.1, -0.05) is 66.8 Å².